The maximum atomic E-state index is 10.2. The monoisotopic (exact) mass is 230 g/mol. The van der Waals surface area contributed by atoms with Crippen molar-refractivity contribution >= 4 is 5.69 Å². The van der Waals surface area contributed by atoms with Gasteiger partial charge in [0.1, 0.15) is 11.9 Å². The van der Waals surface area contributed by atoms with E-state index in [-0.39, 0.29) is 0 Å². The van der Waals surface area contributed by atoms with Gasteiger partial charge >= 0.3 is 0 Å². The van der Waals surface area contributed by atoms with Crippen LogP contribution in [-0.4, -0.2) is 17.2 Å². The fourth-order valence-electron chi connectivity index (χ4n) is 1.61. The molecular weight excluding hydrogens is 216 g/mol. The van der Waals surface area contributed by atoms with Crippen molar-refractivity contribution in [2.45, 2.75) is 6.10 Å². The number of anilines is 1. The van der Waals surface area contributed by atoms with E-state index in [0.29, 0.717) is 11.3 Å². The molecule has 0 bridgehead atoms. The van der Waals surface area contributed by atoms with Gasteiger partial charge < -0.3 is 15.6 Å². The van der Waals surface area contributed by atoms with E-state index in [1.165, 1.54) is 0 Å². The Morgan fingerprint density at radius 3 is 2.53 bits per heavy atom. The molecule has 0 radical (unpaired) electrons. The second-order valence-electron chi connectivity index (χ2n) is 3.68. The van der Waals surface area contributed by atoms with Crippen LogP contribution in [0, 0.1) is 0 Å². The van der Waals surface area contributed by atoms with Gasteiger partial charge in [0.25, 0.3) is 0 Å². The van der Waals surface area contributed by atoms with Crippen molar-refractivity contribution in [1.29, 1.82) is 0 Å². The van der Waals surface area contributed by atoms with E-state index in [4.69, 9.17) is 10.5 Å². The Hall–Kier alpha value is -2.07. The van der Waals surface area contributed by atoms with Crippen molar-refractivity contribution in [2.75, 3.05) is 12.8 Å². The second-order valence-corrected chi connectivity index (χ2v) is 3.68. The molecule has 1 aromatic carbocycles. The summed E-state index contributed by atoms with van der Waals surface area (Å²) in [5.74, 6) is 0.750. The molecular formula is C13H14N2O2. The summed E-state index contributed by atoms with van der Waals surface area (Å²) in [7, 11) is 1.60. The Morgan fingerprint density at radius 1 is 1.24 bits per heavy atom. The molecule has 1 atom stereocenters. The zero-order chi connectivity index (χ0) is 12.3. The Bertz CT molecular complexity index is 497. The summed E-state index contributed by atoms with van der Waals surface area (Å²) in [6.07, 6.45) is 2.40. The standard InChI is InChI=1S/C13H14N2O2/c1-17-10-4-2-9(3-5-10)13(16)11-8-15-7-6-12(11)14/h2-8,13,16H,1H3,(H2,14,15). The third-order valence-electron chi connectivity index (χ3n) is 2.61. The van der Waals surface area contributed by atoms with Crippen molar-refractivity contribution in [2.24, 2.45) is 0 Å². The lowest BCUT2D eigenvalue weighted by molar-refractivity contribution is 0.220. The SMILES string of the molecule is COc1ccc(C(O)c2cnccc2N)cc1. The lowest BCUT2D eigenvalue weighted by Crippen LogP contribution is -2.04. The number of pyridine rings is 1. The molecule has 4 nitrogen and oxygen atoms in total. The van der Waals surface area contributed by atoms with E-state index >= 15 is 0 Å². The molecule has 0 saturated carbocycles. The fraction of sp³-hybridized carbons (Fsp3) is 0.154. The van der Waals surface area contributed by atoms with Crippen LogP contribution in [-0.2, 0) is 0 Å². The van der Waals surface area contributed by atoms with E-state index < -0.39 is 6.10 Å². The zero-order valence-corrected chi connectivity index (χ0v) is 9.50. The van der Waals surface area contributed by atoms with Crippen LogP contribution >= 0.6 is 0 Å². The van der Waals surface area contributed by atoms with Crippen LogP contribution in [0.1, 0.15) is 17.2 Å². The number of methoxy groups -OCH3 is 1. The second kappa shape index (κ2) is 4.84. The molecule has 0 spiro atoms. The molecule has 0 aliphatic rings. The molecule has 0 fully saturated rings. The van der Waals surface area contributed by atoms with Gasteiger partial charge in [0.05, 0.1) is 7.11 Å². The van der Waals surface area contributed by atoms with Gasteiger partial charge in [-0.1, -0.05) is 12.1 Å². The first-order valence-corrected chi connectivity index (χ1v) is 5.24. The van der Waals surface area contributed by atoms with E-state index in [1.54, 1.807) is 49.8 Å². The highest BCUT2D eigenvalue weighted by Crippen LogP contribution is 2.26. The first kappa shape index (κ1) is 11.4. The largest absolute Gasteiger partial charge is 0.497 e. The zero-order valence-electron chi connectivity index (χ0n) is 9.50. The predicted molar refractivity (Wildman–Crippen MR) is 65.7 cm³/mol. The van der Waals surface area contributed by atoms with Gasteiger partial charge in [-0.25, -0.2) is 0 Å². The maximum absolute atomic E-state index is 10.2. The quantitative estimate of drug-likeness (QED) is 0.843. The van der Waals surface area contributed by atoms with E-state index in [1.807, 2.05) is 0 Å². The Morgan fingerprint density at radius 2 is 1.94 bits per heavy atom. The number of ether oxygens (including phenoxy) is 1. The molecule has 1 aromatic heterocycles. The molecule has 1 heterocycles. The molecule has 2 rings (SSSR count). The van der Waals surface area contributed by atoms with Gasteiger partial charge in [0, 0.05) is 23.6 Å². The van der Waals surface area contributed by atoms with Gasteiger partial charge in [-0.3, -0.25) is 4.98 Å². The van der Waals surface area contributed by atoms with Crippen LogP contribution < -0.4 is 10.5 Å². The lowest BCUT2D eigenvalue weighted by Gasteiger charge is -2.13. The number of aromatic nitrogens is 1. The minimum Gasteiger partial charge on any atom is -0.497 e. The summed E-state index contributed by atoms with van der Waals surface area (Å²) in [4.78, 5) is 3.96. The van der Waals surface area contributed by atoms with E-state index in [2.05, 4.69) is 4.98 Å². The summed E-state index contributed by atoms with van der Waals surface area (Å²) >= 11 is 0. The average molecular weight is 230 g/mol. The third-order valence-corrected chi connectivity index (χ3v) is 2.61. The number of nitrogens with two attached hydrogens (primary N) is 1. The normalized spacial score (nSPS) is 12.1. The first-order chi connectivity index (χ1) is 8.22. The molecule has 0 aliphatic carbocycles. The Balaban J connectivity index is 2.30. The van der Waals surface area contributed by atoms with Crippen molar-refractivity contribution in [3.8, 4) is 5.75 Å². The minimum absolute atomic E-state index is 0.531. The van der Waals surface area contributed by atoms with Gasteiger partial charge in [0.2, 0.25) is 0 Å². The number of nitrogen functional groups attached to an aromatic ring is 1. The van der Waals surface area contributed by atoms with Crippen molar-refractivity contribution in [3.05, 3.63) is 53.9 Å². The lowest BCUT2D eigenvalue weighted by atomic mass is 10.0. The summed E-state index contributed by atoms with van der Waals surface area (Å²) in [5, 5.41) is 10.2. The van der Waals surface area contributed by atoms with Crippen LogP contribution in [0.2, 0.25) is 0 Å². The number of benzene rings is 1. The number of hydrogen-bond acceptors (Lipinski definition) is 4. The highest BCUT2D eigenvalue weighted by atomic mass is 16.5. The van der Waals surface area contributed by atoms with Gasteiger partial charge in [-0.2, -0.15) is 0 Å². The molecule has 88 valence electrons. The number of rotatable bonds is 3. The number of hydrogen-bond donors (Lipinski definition) is 2. The molecule has 0 aliphatic heterocycles. The molecule has 0 amide bonds. The van der Waals surface area contributed by atoms with Crippen molar-refractivity contribution < 1.29 is 9.84 Å². The number of aliphatic hydroxyl groups is 1. The molecule has 17 heavy (non-hydrogen) atoms. The number of nitrogens with zero attached hydrogens (tertiary/aromatic N) is 1. The third kappa shape index (κ3) is 2.37. The van der Waals surface area contributed by atoms with Crippen LogP contribution in [0.25, 0.3) is 0 Å². The van der Waals surface area contributed by atoms with Gasteiger partial charge in [-0.15, -0.1) is 0 Å². The van der Waals surface area contributed by atoms with Gasteiger partial charge in [0.15, 0.2) is 0 Å². The van der Waals surface area contributed by atoms with Crippen molar-refractivity contribution in [1.82, 2.24) is 4.98 Å². The molecule has 1 unspecified atom stereocenters. The summed E-state index contributed by atoms with van der Waals surface area (Å²) in [6.45, 7) is 0. The Labute approximate surface area is 99.7 Å². The molecule has 0 saturated heterocycles. The first-order valence-electron chi connectivity index (χ1n) is 5.24. The highest BCUT2D eigenvalue weighted by molar-refractivity contribution is 5.48. The van der Waals surface area contributed by atoms with Crippen LogP contribution in [0.4, 0.5) is 5.69 Å². The smallest absolute Gasteiger partial charge is 0.118 e. The summed E-state index contributed by atoms with van der Waals surface area (Å²) in [5.41, 5.74) is 7.69. The van der Waals surface area contributed by atoms with Crippen molar-refractivity contribution in [3.63, 3.8) is 0 Å². The summed E-state index contributed by atoms with van der Waals surface area (Å²) in [6, 6.07) is 8.87. The van der Waals surface area contributed by atoms with E-state index in [0.717, 1.165) is 11.3 Å². The molecule has 4 heteroatoms. The topological polar surface area (TPSA) is 68.4 Å². The van der Waals surface area contributed by atoms with Crippen LogP contribution in [0.3, 0.4) is 0 Å². The predicted octanol–water partition coefficient (Wildman–Crippen LogP) is 1.75. The minimum atomic E-state index is -0.769. The average Bonchev–Trinajstić information content (AvgIpc) is 2.39. The highest BCUT2D eigenvalue weighted by Gasteiger charge is 2.13. The van der Waals surface area contributed by atoms with Crippen LogP contribution in [0.5, 0.6) is 5.75 Å². The Kier molecular flexibility index (Phi) is 3.25. The van der Waals surface area contributed by atoms with E-state index in [9.17, 15) is 5.11 Å². The maximum Gasteiger partial charge on any atom is 0.118 e. The fourth-order valence-corrected chi connectivity index (χ4v) is 1.61. The molecule has 2 aromatic rings. The van der Waals surface area contributed by atoms with Gasteiger partial charge in [-0.05, 0) is 23.8 Å². The van der Waals surface area contributed by atoms with Crippen LogP contribution in [0.15, 0.2) is 42.7 Å². The summed E-state index contributed by atoms with van der Waals surface area (Å²) < 4.78 is 5.06. The molecule has 3 N–H and O–H groups in total. The number of aliphatic hydroxyl groups excluding tert-OH is 1.